The number of ether oxygens (including phenoxy) is 3. The van der Waals surface area contributed by atoms with Gasteiger partial charge in [0.2, 0.25) is 5.69 Å². The van der Waals surface area contributed by atoms with Crippen LogP contribution in [-0.2, 0) is 16.5 Å². The highest BCUT2D eigenvalue weighted by Crippen LogP contribution is 2.56. The number of fused-ring (bicyclic) bond motifs is 1. The monoisotopic (exact) mass is 586 g/mol. The Labute approximate surface area is 253 Å². The largest absolute Gasteiger partial charge is 0.488 e. The molecule has 0 atom stereocenters. The van der Waals surface area contributed by atoms with Gasteiger partial charge in [-0.3, -0.25) is 9.59 Å². The molecule has 1 aliphatic heterocycles. The Morgan fingerprint density at radius 2 is 1.63 bits per heavy atom. The molecule has 2 aliphatic rings. The van der Waals surface area contributed by atoms with Gasteiger partial charge < -0.3 is 29.0 Å². The van der Waals surface area contributed by atoms with Gasteiger partial charge in [0.1, 0.15) is 11.9 Å². The lowest BCUT2D eigenvalue weighted by Gasteiger charge is -2.63. The SMILES string of the molecule is [C-]#[N+]c1ccc(OC2C(C)(C)C(NC(=O)c3ccc(N4CCC(C(OC)OC)CC4)cc3)C2(C)C)c2c(=O)ccn(C)c12. The maximum absolute atomic E-state index is 13.4. The molecule has 0 radical (unpaired) electrons. The second-order valence-electron chi connectivity index (χ2n) is 13.0. The minimum absolute atomic E-state index is 0.126. The predicted molar refractivity (Wildman–Crippen MR) is 168 cm³/mol. The number of pyridine rings is 1. The molecule has 1 saturated carbocycles. The molecule has 1 aromatic heterocycles. The van der Waals surface area contributed by atoms with E-state index in [4.69, 9.17) is 20.8 Å². The number of carbonyl (C=O) groups is 1. The number of methoxy groups -OCH3 is 2. The van der Waals surface area contributed by atoms with Crippen molar-refractivity contribution >= 4 is 28.2 Å². The van der Waals surface area contributed by atoms with Crippen LogP contribution < -0.4 is 20.4 Å². The van der Waals surface area contributed by atoms with Crippen LogP contribution in [0.4, 0.5) is 11.4 Å². The third-order valence-corrected chi connectivity index (χ3v) is 9.53. The van der Waals surface area contributed by atoms with Crippen molar-refractivity contribution in [2.24, 2.45) is 23.8 Å². The van der Waals surface area contributed by atoms with Crippen LogP contribution in [0.1, 0.15) is 50.9 Å². The fraction of sp³-hybridized carbons (Fsp3) is 0.500. The lowest BCUT2D eigenvalue weighted by atomic mass is 9.49. The molecule has 2 aromatic carbocycles. The van der Waals surface area contributed by atoms with Crippen LogP contribution in [0.3, 0.4) is 0 Å². The van der Waals surface area contributed by atoms with Crippen LogP contribution in [0.5, 0.6) is 5.75 Å². The van der Waals surface area contributed by atoms with E-state index in [0.717, 1.165) is 31.6 Å². The summed E-state index contributed by atoms with van der Waals surface area (Å²) in [4.78, 5) is 32.3. The van der Waals surface area contributed by atoms with Gasteiger partial charge in [0.05, 0.1) is 17.5 Å². The summed E-state index contributed by atoms with van der Waals surface area (Å²) in [5.74, 6) is 0.707. The van der Waals surface area contributed by atoms with Crippen LogP contribution in [0, 0.1) is 23.3 Å². The number of anilines is 1. The van der Waals surface area contributed by atoms with Gasteiger partial charge in [-0.15, -0.1) is 0 Å². The number of rotatable bonds is 8. The Morgan fingerprint density at radius 1 is 1.00 bits per heavy atom. The molecule has 5 rings (SSSR count). The number of piperidine rings is 1. The summed E-state index contributed by atoms with van der Waals surface area (Å²) in [6.45, 7) is 17.7. The number of aryl methyl sites for hydroxylation is 1. The summed E-state index contributed by atoms with van der Waals surface area (Å²) >= 11 is 0. The highest BCUT2D eigenvalue weighted by Gasteiger charge is 2.64. The quantitative estimate of drug-likeness (QED) is 0.276. The molecule has 2 heterocycles. The molecule has 2 fully saturated rings. The lowest BCUT2D eigenvalue weighted by molar-refractivity contribution is -0.163. The molecule has 1 aliphatic carbocycles. The van der Waals surface area contributed by atoms with E-state index >= 15 is 0 Å². The number of amides is 1. The summed E-state index contributed by atoms with van der Waals surface area (Å²) < 4.78 is 19.3. The van der Waals surface area contributed by atoms with Crippen LogP contribution >= 0.6 is 0 Å². The van der Waals surface area contributed by atoms with E-state index in [-0.39, 0.29) is 29.8 Å². The first-order valence-electron chi connectivity index (χ1n) is 14.8. The summed E-state index contributed by atoms with van der Waals surface area (Å²) in [6.07, 6.45) is 3.18. The van der Waals surface area contributed by atoms with Gasteiger partial charge in [0, 0.05) is 80.7 Å². The van der Waals surface area contributed by atoms with E-state index in [9.17, 15) is 9.59 Å². The number of nitrogens with zero attached hydrogens (tertiary/aromatic N) is 3. The lowest BCUT2D eigenvalue weighted by Crippen LogP contribution is -2.74. The summed E-state index contributed by atoms with van der Waals surface area (Å²) in [6, 6.07) is 12.5. The smallest absolute Gasteiger partial charge is 0.251 e. The maximum atomic E-state index is 13.4. The standard InChI is InChI=1S/C34H42N4O5/c1-33(2)31(34(3,4)32(33)43-26-14-13-24(35-5)28-27(26)25(39)17-18-37(28)6)36-29(40)21-9-11-23(12-10-21)38-19-15-22(16-20-38)30(41-7)42-8/h9-14,17-18,22,30-32H,15-16,19-20H2,1-4,6-8H3,(H,36,40). The number of benzene rings is 2. The molecule has 0 bridgehead atoms. The van der Waals surface area contributed by atoms with Crippen LogP contribution in [0.2, 0.25) is 0 Å². The average Bonchev–Trinajstić information content (AvgIpc) is 3.00. The number of aromatic nitrogens is 1. The van der Waals surface area contributed by atoms with Crippen LogP contribution in [0.15, 0.2) is 53.5 Å². The highest BCUT2D eigenvalue weighted by molar-refractivity contribution is 5.96. The third kappa shape index (κ3) is 5.39. The number of carbonyl (C=O) groups excluding carboxylic acids is 1. The number of nitrogens with one attached hydrogen (secondary N) is 1. The van der Waals surface area contributed by atoms with Crippen molar-refractivity contribution in [3.63, 3.8) is 0 Å². The summed E-state index contributed by atoms with van der Waals surface area (Å²) in [7, 11) is 5.19. The minimum atomic E-state index is -0.420. The van der Waals surface area contributed by atoms with Crippen molar-refractivity contribution in [2.45, 2.75) is 59.0 Å². The molecular formula is C34H42N4O5. The van der Waals surface area contributed by atoms with Gasteiger partial charge in [0.25, 0.3) is 5.91 Å². The highest BCUT2D eigenvalue weighted by atomic mass is 16.7. The molecular weight excluding hydrogens is 544 g/mol. The molecule has 3 aromatic rings. The van der Waals surface area contributed by atoms with Crippen molar-refractivity contribution < 1.29 is 19.0 Å². The van der Waals surface area contributed by atoms with Crippen LogP contribution in [-0.4, -0.2) is 56.2 Å². The van der Waals surface area contributed by atoms with Crippen LogP contribution in [0.25, 0.3) is 15.7 Å². The Kier molecular flexibility index (Phi) is 8.30. The fourth-order valence-electron chi connectivity index (χ4n) is 7.56. The van der Waals surface area contributed by atoms with E-state index in [1.54, 1.807) is 37.1 Å². The Bertz CT molecular complexity index is 1580. The zero-order valence-corrected chi connectivity index (χ0v) is 26.1. The van der Waals surface area contributed by atoms with E-state index in [1.807, 2.05) is 31.3 Å². The molecule has 9 nitrogen and oxygen atoms in total. The van der Waals surface area contributed by atoms with E-state index in [2.05, 4.69) is 42.8 Å². The van der Waals surface area contributed by atoms with Crippen molar-refractivity contribution in [1.29, 1.82) is 0 Å². The topological polar surface area (TPSA) is 86.4 Å². The minimum Gasteiger partial charge on any atom is -0.488 e. The average molecular weight is 587 g/mol. The van der Waals surface area contributed by atoms with Crippen molar-refractivity contribution in [3.05, 3.63) is 75.9 Å². The molecule has 9 heteroatoms. The van der Waals surface area contributed by atoms with Gasteiger partial charge in [-0.1, -0.05) is 33.8 Å². The molecule has 228 valence electrons. The first kappa shape index (κ1) is 30.6. The second kappa shape index (κ2) is 11.7. The first-order valence-corrected chi connectivity index (χ1v) is 14.8. The number of hydrogen-bond acceptors (Lipinski definition) is 6. The summed E-state index contributed by atoms with van der Waals surface area (Å²) in [5, 5.41) is 3.67. The molecule has 1 N–H and O–H groups in total. The van der Waals surface area contributed by atoms with Gasteiger partial charge in [0.15, 0.2) is 11.7 Å². The van der Waals surface area contributed by atoms with E-state index in [1.165, 1.54) is 6.07 Å². The summed E-state index contributed by atoms with van der Waals surface area (Å²) in [5.41, 5.74) is 1.64. The molecule has 43 heavy (non-hydrogen) atoms. The van der Waals surface area contributed by atoms with Gasteiger partial charge >= 0.3 is 0 Å². The molecule has 1 amide bonds. The zero-order chi connectivity index (χ0) is 31.1. The van der Waals surface area contributed by atoms with Gasteiger partial charge in [-0.25, -0.2) is 4.85 Å². The van der Waals surface area contributed by atoms with Gasteiger partial charge in [-0.05, 0) is 43.2 Å². The second-order valence-corrected chi connectivity index (χ2v) is 13.0. The molecule has 1 saturated heterocycles. The Balaban J connectivity index is 1.28. The third-order valence-electron chi connectivity index (χ3n) is 9.53. The predicted octanol–water partition coefficient (Wildman–Crippen LogP) is 5.54. The molecule has 0 unspecified atom stereocenters. The Hall–Kier alpha value is -3.87. The van der Waals surface area contributed by atoms with Gasteiger partial charge in [-0.2, -0.15) is 0 Å². The molecule has 0 spiro atoms. The van der Waals surface area contributed by atoms with E-state index < -0.39 is 10.8 Å². The first-order chi connectivity index (χ1) is 20.4. The maximum Gasteiger partial charge on any atom is 0.251 e. The van der Waals surface area contributed by atoms with Crippen molar-refractivity contribution in [3.8, 4) is 5.75 Å². The van der Waals surface area contributed by atoms with Crippen molar-refractivity contribution in [2.75, 3.05) is 32.2 Å². The normalized spacial score (nSPS) is 21.3. The van der Waals surface area contributed by atoms with E-state index in [0.29, 0.717) is 33.8 Å². The van der Waals surface area contributed by atoms with Crippen molar-refractivity contribution in [1.82, 2.24) is 9.88 Å². The zero-order valence-electron chi connectivity index (χ0n) is 26.1. The fourth-order valence-corrected chi connectivity index (χ4v) is 7.56. The number of hydrogen-bond donors (Lipinski definition) is 1. The Morgan fingerprint density at radius 3 is 2.21 bits per heavy atom.